The van der Waals surface area contributed by atoms with Crippen LogP contribution < -0.4 is 4.74 Å². The monoisotopic (exact) mass is 616 g/mol. The van der Waals surface area contributed by atoms with E-state index in [1.165, 1.54) is 0 Å². The molecular weight excluding hydrogens is 588 g/mol. The second kappa shape index (κ2) is 12.8. The molecule has 0 atom stereocenters. The van der Waals surface area contributed by atoms with Gasteiger partial charge in [-0.15, -0.1) is 0 Å². The van der Waals surface area contributed by atoms with Crippen molar-refractivity contribution in [2.24, 2.45) is 5.92 Å². The van der Waals surface area contributed by atoms with E-state index in [-0.39, 0.29) is 5.56 Å². The molecule has 1 aliphatic rings. The molecule has 0 aromatic heterocycles. The summed E-state index contributed by atoms with van der Waals surface area (Å²) < 4.78 is 119. The highest BCUT2D eigenvalue weighted by Gasteiger charge is 2.41. The van der Waals surface area contributed by atoms with E-state index in [0.717, 1.165) is 61.9 Å². The summed E-state index contributed by atoms with van der Waals surface area (Å²) in [5.74, 6) is -9.15. The van der Waals surface area contributed by atoms with Gasteiger partial charge >= 0.3 is 6.11 Å². The lowest BCUT2D eigenvalue weighted by Gasteiger charge is -2.27. The molecule has 9 heteroatoms. The molecule has 1 fully saturated rings. The van der Waals surface area contributed by atoms with Crippen LogP contribution in [0.1, 0.15) is 56.1 Å². The Labute approximate surface area is 249 Å². The normalized spacial score (nSPS) is 17.3. The summed E-state index contributed by atoms with van der Waals surface area (Å²) in [6.07, 6.45) is 5.15. The van der Waals surface area contributed by atoms with Gasteiger partial charge in [0.15, 0.2) is 17.5 Å². The first-order valence-electron chi connectivity index (χ1n) is 14.2. The molecular formula is C35H28F8O. The van der Waals surface area contributed by atoms with E-state index in [4.69, 9.17) is 0 Å². The highest BCUT2D eigenvalue weighted by molar-refractivity contribution is 5.66. The van der Waals surface area contributed by atoms with Gasteiger partial charge in [0.2, 0.25) is 0 Å². The van der Waals surface area contributed by atoms with Crippen molar-refractivity contribution in [3.63, 3.8) is 0 Å². The third-order valence-electron chi connectivity index (χ3n) is 7.95. The van der Waals surface area contributed by atoms with E-state index in [2.05, 4.69) is 23.8 Å². The number of hydrogen-bond donors (Lipinski definition) is 0. The van der Waals surface area contributed by atoms with Gasteiger partial charge < -0.3 is 4.74 Å². The van der Waals surface area contributed by atoms with Gasteiger partial charge in [0.25, 0.3) is 0 Å². The molecule has 44 heavy (non-hydrogen) atoms. The number of ether oxygens (including phenoxy) is 1. The van der Waals surface area contributed by atoms with Gasteiger partial charge in [-0.2, -0.15) is 8.78 Å². The maximum Gasteiger partial charge on any atom is 0.432 e. The number of alkyl halides is 2. The molecule has 0 saturated heterocycles. The summed E-state index contributed by atoms with van der Waals surface area (Å²) in [5, 5.41) is 0. The van der Waals surface area contributed by atoms with Crippen LogP contribution in [0.5, 0.6) is 5.75 Å². The quantitative estimate of drug-likeness (QED) is 0.109. The van der Waals surface area contributed by atoms with Crippen molar-refractivity contribution in [1.82, 2.24) is 0 Å². The average molecular weight is 617 g/mol. The Kier molecular flexibility index (Phi) is 9.13. The summed E-state index contributed by atoms with van der Waals surface area (Å²) in [6.45, 7) is 2.10. The first-order chi connectivity index (χ1) is 21.0. The Morgan fingerprint density at radius 3 is 1.84 bits per heavy atom. The number of halogens is 8. The fraction of sp³-hybridized carbons (Fsp3) is 0.257. The van der Waals surface area contributed by atoms with Crippen molar-refractivity contribution < 1.29 is 39.9 Å². The molecule has 5 rings (SSSR count). The van der Waals surface area contributed by atoms with Crippen molar-refractivity contribution in [3.8, 4) is 28.0 Å². The molecule has 0 amide bonds. The van der Waals surface area contributed by atoms with Gasteiger partial charge in [0.05, 0.1) is 0 Å². The smallest absolute Gasteiger partial charge is 0.429 e. The van der Waals surface area contributed by atoms with E-state index < -0.39 is 63.5 Å². The number of benzene rings is 4. The highest BCUT2D eigenvalue weighted by atomic mass is 19.3. The van der Waals surface area contributed by atoms with Crippen LogP contribution >= 0.6 is 0 Å². The zero-order valence-corrected chi connectivity index (χ0v) is 23.6. The number of allylic oxidation sites excluding steroid dienone is 2. The zero-order valence-electron chi connectivity index (χ0n) is 23.6. The molecule has 0 unspecified atom stereocenters. The number of rotatable bonds is 8. The topological polar surface area (TPSA) is 9.23 Å². The average Bonchev–Trinajstić information content (AvgIpc) is 2.98. The Hall–Kier alpha value is -4.14. The molecule has 0 aliphatic heterocycles. The van der Waals surface area contributed by atoms with Crippen LogP contribution in [-0.2, 0) is 6.11 Å². The SMILES string of the molecule is CC/C=C/C1CCC(c2ccc(-c3cc(F)c(C(F)(F)Oc4ccc(-c5cc(F)c(F)c(F)c5)c(F)c4)c(F)c3)cc2)CC1. The van der Waals surface area contributed by atoms with E-state index in [0.29, 0.717) is 35.6 Å². The van der Waals surface area contributed by atoms with E-state index in [1.807, 2.05) is 12.1 Å². The summed E-state index contributed by atoms with van der Waals surface area (Å²) in [7, 11) is 0. The molecule has 0 radical (unpaired) electrons. The molecule has 0 N–H and O–H groups in total. The van der Waals surface area contributed by atoms with Gasteiger partial charge in [0.1, 0.15) is 28.8 Å². The summed E-state index contributed by atoms with van der Waals surface area (Å²) in [6, 6.07) is 11.9. The maximum absolute atomic E-state index is 15.0. The van der Waals surface area contributed by atoms with Crippen molar-refractivity contribution in [1.29, 1.82) is 0 Å². The molecule has 1 saturated carbocycles. The van der Waals surface area contributed by atoms with Gasteiger partial charge in [-0.05, 0) is 103 Å². The van der Waals surface area contributed by atoms with Gasteiger partial charge in [0, 0.05) is 11.6 Å². The summed E-state index contributed by atoms with van der Waals surface area (Å²) in [5.41, 5.74) is -0.911. The van der Waals surface area contributed by atoms with Crippen molar-refractivity contribution in [2.45, 2.75) is 51.1 Å². The minimum atomic E-state index is -4.55. The molecule has 0 bridgehead atoms. The second-order valence-electron chi connectivity index (χ2n) is 10.9. The highest BCUT2D eigenvalue weighted by Crippen LogP contribution is 2.40. The lowest BCUT2D eigenvalue weighted by atomic mass is 9.78. The van der Waals surface area contributed by atoms with Crippen LogP contribution in [0.25, 0.3) is 22.3 Å². The van der Waals surface area contributed by atoms with Crippen LogP contribution in [0.4, 0.5) is 35.1 Å². The summed E-state index contributed by atoms with van der Waals surface area (Å²) in [4.78, 5) is 0. The largest absolute Gasteiger partial charge is 0.432 e. The van der Waals surface area contributed by atoms with Crippen molar-refractivity contribution in [3.05, 3.63) is 125 Å². The van der Waals surface area contributed by atoms with Gasteiger partial charge in [-0.25, -0.2) is 26.3 Å². The molecule has 230 valence electrons. The van der Waals surface area contributed by atoms with Gasteiger partial charge in [-0.1, -0.05) is 43.3 Å². The molecule has 1 nitrogen and oxygen atoms in total. The first-order valence-corrected chi connectivity index (χ1v) is 14.2. The fourth-order valence-electron chi connectivity index (χ4n) is 5.64. The Balaban J connectivity index is 1.31. The molecule has 4 aromatic rings. The van der Waals surface area contributed by atoms with Crippen molar-refractivity contribution in [2.75, 3.05) is 0 Å². The van der Waals surface area contributed by atoms with E-state index in [9.17, 15) is 35.1 Å². The maximum atomic E-state index is 15.0. The Bertz CT molecular complexity index is 1630. The molecule has 1 aliphatic carbocycles. The molecule has 4 aromatic carbocycles. The van der Waals surface area contributed by atoms with Crippen LogP contribution in [0.15, 0.2) is 78.9 Å². The minimum absolute atomic E-state index is 0.0497. The van der Waals surface area contributed by atoms with Gasteiger partial charge in [-0.3, -0.25) is 0 Å². The minimum Gasteiger partial charge on any atom is -0.429 e. The first kappa shape index (κ1) is 31.3. The Morgan fingerprint density at radius 1 is 0.682 bits per heavy atom. The number of hydrogen-bond acceptors (Lipinski definition) is 1. The lowest BCUT2D eigenvalue weighted by Crippen LogP contribution is -2.25. The third-order valence-corrected chi connectivity index (χ3v) is 7.95. The predicted molar refractivity (Wildman–Crippen MR) is 152 cm³/mol. The summed E-state index contributed by atoms with van der Waals surface area (Å²) >= 11 is 0. The Morgan fingerprint density at radius 2 is 1.27 bits per heavy atom. The third kappa shape index (κ3) is 6.66. The lowest BCUT2D eigenvalue weighted by molar-refractivity contribution is -0.189. The van der Waals surface area contributed by atoms with Crippen molar-refractivity contribution >= 4 is 0 Å². The zero-order chi connectivity index (χ0) is 31.6. The van der Waals surface area contributed by atoms with E-state index in [1.54, 1.807) is 12.1 Å². The van der Waals surface area contributed by atoms with Crippen LogP contribution in [0.2, 0.25) is 0 Å². The van der Waals surface area contributed by atoms with Crippen LogP contribution in [0.3, 0.4) is 0 Å². The fourth-order valence-corrected chi connectivity index (χ4v) is 5.64. The molecule has 0 spiro atoms. The van der Waals surface area contributed by atoms with E-state index >= 15 is 0 Å². The standard InChI is InChI=1S/C35H28F8O/c1-2-3-4-20-5-7-21(8-6-20)22-9-11-23(12-10-22)24-15-29(37)33(30(38)16-24)35(42,43)44-26-13-14-27(28(36)19-26)25-17-31(39)34(41)32(40)18-25/h3-4,9-21H,2,5-8H2,1H3/b4-3+. The predicted octanol–water partition coefficient (Wildman–Crippen LogP) is 11.2. The van der Waals surface area contributed by atoms with Crippen LogP contribution in [-0.4, -0.2) is 0 Å². The molecule has 0 heterocycles. The second-order valence-corrected chi connectivity index (χ2v) is 10.9. The van der Waals surface area contributed by atoms with Crippen LogP contribution in [0, 0.1) is 40.8 Å².